The molecule has 0 saturated carbocycles. The molecule has 0 unspecified atom stereocenters. The first-order valence-corrected chi connectivity index (χ1v) is 10.2. The molecular weight excluding hydrogens is 364 g/mol. The Bertz CT molecular complexity index is 910. The molecule has 27 heavy (non-hydrogen) atoms. The second-order valence-electron chi connectivity index (χ2n) is 6.40. The van der Waals surface area contributed by atoms with Crippen molar-refractivity contribution in [2.75, 3.05) is 20.2 Å². The van der Waals surface area contributed by atoms with Gasteiger partial charge in [-0.3, -0.25) is 4.79 Å². The zero-order valence-electron chi connectivity index (χ0n) is 16.2. The Hall–Kier alpha value is -2.38. The van der Waals surface area contributed by atoms with Crippen molar-refractivity contribution >= 4 is 15.9 Å². The van der Waals surface area contributed by atoms with Gasteiger partial charge in [0.05, 0.1) is 12.0 Å². The number of hydrogen-bond acceptors (Lipinski definition) is 4. The van der Waals surface area contributed by atoms with E-state index >= 15 is 0 Å². The van der Waals surface area contributed by atoms with Gasteiger partial charge in [0.1, 0.15) is 5.75 Å². The van der Waals surface area contributed by atoms with Crippen LogP contribution in [0.5, 0.6) is 5.75 Å². The van der Waals surface area contributed by atoms with E-state index in [1.807, 2.05) is 38.1 Å². The number of nitrogens with one attached hydrogen (secondary N) is 1. The van der Waals surface area contributed by atoms with E-state index in [0.717, 1.165) is 16.7 Å². The molecule has 0 aromatic heterocycles. The van der Waals surface area contributed by atoms with Crippen molar-refractivity contribution in [2.24, 2.45) is 0 Å². The zero-order chi connectivity index (χ0) is 20.0. The summed E-state index contributed by atoms with van der Waals surface area (Å²) in [6, 6.07) is 12.5. The topological polar surface area (TPSA) is 75.7 Å². The summed E-state index contributed by atoms with van der Waals surface area (Å²) in [7, 11) is -2.04. The van der Waals surface area contributed by atoms with Gasteiger partial charge in [0, 0.05) is 32.1 Å². The molecule has 0 aliphatic rings. The monoisotopic (exact) mass is 390 g/mol. The number of carbonyl (C=O) groups is 1. The standard InChI is InChI=1S/C20H26N2O4S/c1-15-9-10-19(13-16(15)2)27(24,25)21-11-12-22(17(3)23)14-18-7-5-6-8-20(18)26-4/h5-10,13,21H,11-12,14H2,1-4H3. The maximum atomic E-state index is 12.5. The van der Waals surface area contributed by atoms with Crippen LogP contribution in [0.15, 0.2) is 47.4 Å². The van der Waals surface area contributed by atoms with Gasteiger partial charge >= 0.3 is 0 Å². The lowest BCUT2D eigenvalue weighted by Gasteiger charge is -2.22. The summed E-state index contributed by atoms with van der Waals surface area (Å²) in [6.07, 6.45) is 0. The number of hydrogen-bond donors (Lipinski definition) is 1. The molecular formula is C20H26N2O4S. The quantitative estimate of drug-likeness (QED) is 0.752. The molecule has 2 rings (SSSR count). The molecule has 0 fully saturated rings. The number of benzene rings is 2. The Morgan fingerprint density at radius 3 is 2.44 bits per heavy atom. The van der Waals surface area contributed by atoms with Crippen LogP contribution < -0.4 is 9.46 Å². The van der Waals surface area contributed by atoms with E-state index in [0.29, 0.717) is 12.3 Å². The summed E-state index contributed by atoms with van der Waals surface area (Å²) in [5.74, 6) is 0.561. The van der Waals surface area contributed by atoms with Crippen LogP contribution >= 0.6 is 0 Å². The van der Waals surface area contributed by atoms with Gasteiger partial charge in [-0.2, -0.15) is 0 Å². The molecule has 2 aromatic rings. The fourth-order valence-corrected chi connectivity index (χ4v) is 3.77. The number of amides is 1. The van der Waals surface area contributed by atoms with E-state index < -0.39 is 10.0 Å². The third kappa shape index (κ3) is 5.55. The van der Waals surface area contributed by atoms with Crippen LogP contribution in [0, 0.1) is 13.8 Å². The van der Waals surface area contributed by atoms with Crippen LogP contribution in [0.3, 0.4) is 0 Å². The highest BCUT2D eigenvalue weighted by Crippen LogP contribution is 2.19. The molecule has 0 bridgehead atoms. The van der Waals surface area contributed by atoms with Gasteiger partial charge in [0.2, 0.25) is 15.9 Å². The number of sulfonamides is 1. The summed E-state index contributed by atoms with van der Waals surface area (Å²) < 4.78 is 32.8. The predicted octanol–water partition coefficient (Wildman–Crippen LogP) is 2.64. The van der Waals surface area contributed by atoms with Crippen LogP contribution in [0.4, 0.5) is 0 Å². The average Bonchev–Trinajstić information content (AvgIpc) is 2.63. The molecule has 2 aromatic carbocycles. The molecule has 146 valence electrons. The van der Waals surface area contributed by atoms with E-state index in [-0.39, 0.29) is 23.9 Å². The number of para-hydroxylation sites is 1. The van der Waals surface area contributed by atoms with Crippen molar-refractivity contribution in [1.29, 1.82) is 0 Å². The van der Waals surface area contributed by atoms with Crippen molar-refractivity contribution in [3.8, 4) is 5.75 Å². The van der Waals surface area contributed by atoms with Crippen LogP contribution in [-0.2, 0) is 21.4 Å². The van der Waals surface area contributed by atoms with E-state index in [4.69, 9.17) is 4.74 Å². The first-order valence-electron chi connectivity index (χ1n) is 8.69. The summed E-state index contributed by atoms with van der Waals surface area (Å²) in [4.78, 5) is 13.8. The van der Waals surface area contributed by atoms with Crippen LogP contribution in [0.25, 0.3) is 0 Å². The van der Waals surface area contributed by atoms with E-state index in [1.165, 1.54) is 6.92 Å². The molecule has 6 nitrogen and oxygen atoms in total. The normalized spacial score (nSPS) is 11.3. The molecule has 0 heterocycles. The van der Waals surface area contributed by atoms with Crippen molar-refractivity contribution in [3.05, 3.63) is 59.2 Å². The lowest BCUT2D eigenvalue weighted by molar-refractivity contribution is -0.129. The van der Waals surface area contributed by atoms with E-state index in [9.17, 15) is 13.2 Å². The Labute approximate surface area is 161 Å². The van der Waals surface area contributed by atoms with Crippen LogP contribution in [-0.4, -0.2) is 39.4 Å². The van der Waals surface area contributed by atoms with Gasteiger partial charge in [-0.25, -0.2) is 13.1 Å². The lowest BCUT2D eigenvalue weighted by Crippen LogP contribution is -2.37. The third-order valence-corrected chi connectivity index (χ3v) is 5.92. The highest BCUT2D eigenvalue weighted by molar-refractivity contribution is 7.89. The molecule has 1 N–H and O–H groups in total. The van der Waals surface area contributed by atoms with Crippen molar-refractivity contribution < 1.29 is 17.9 Å². The molecule has 0 atom stereocenters. The largest absolute Gasteiger partial charge is 0.496 e. The van der Waals surface area contributed by atoms with Gasteiger partial charge < -0.3 is 9.64 Å². The van der Waals surface area contributed by atoms with Crippen LogP contribution in [0.1, 0.15) is 23.6 Å². The van der Waals surface area contributed by atoms with Gasteiger partial charge in [0.25, 0.3) is 0 Å². The molecule has 0 saturated heterocycles. The summed E-state index contributed by atoms with van der Waals surface area (Å²) >= 11 is 0. The lowest BCUT2D eigenvalue weighted by atomic mass is 10.1. The van der Waals surface area contributed by atoms with E-state index in [2.05, 4.69) is 4.72 Å². The number of carbonyl (C=O) groups excluding carboxylic acids is 1. The number of aryl methyl sites for hydroxylation is 2. The molecule has 1 amide bonds. The Kier molecular flexibility index (Phi) is 6.98. The molecule has 7 heteroatoms. The second kappa shape index (κ2) is 9.01. The maximum absolute atomic E-state index is 12.5. The zero-order valence-corrected chi connectivity index (χ0v) is 17.0. The first kappa shape index (κ1) is 20.9. The summed E-state index contributed by atoms with van der Waals surface area (Å²) in [5.41, 5.74) is 2.82. The Balaban J connectivity index is 2.03. The highest BCUT2D eigenvalue weighted by atomic mass is 32.2. The van der Waals surface area contributed by atoms with Crippen molar-refractivity contribution in [3.63, 3.8) is 0 Å². The van der Waals surface area contributed by atoms with E-state index in [1.54, 1.807) is 30.2 Å². The number of ether oxygens (including phenoxy) is 1. The minimum Gasteiger partial charge on any atom is -0.496 e. The van der Waals surface area contributed by atoms with Crippen molar-refractivity contribution in [2.45, 2.75) is 32.2 Å². The SMILES string of the molecule is COc1ccccc1CN(CCNS(=O)(=O)c1ccc(C)c(C)c1)C(C)=O. The molecule has 0 aliphatic heterocycles. The molecule has 0 aliphatic carbocycles. The number of rotatable bonds is 8. The van der Waals surface area contributed by atoms with Crippen LogP contribution in [0.2, 0.25) is 0 Å². The summed E-state index contributed by atoms with van der Waals surface area (Å²) in [5, 5.41) is 0. The number of nitrogens with zero attached hydrogens (tertiary/aromatic N) is 1. The second-order valence-corrected chi connectivity index (χ2v) is 8.16. The molecule has 0 spiro atoms. The Morgan fingerprint density at radius 2 is 1.81 bits per heavy atom. The predicted molar refractivity (Wildman–Crippen MR) is 105 cm³/mol. The van der Waals surface area contributed by atoms with Gasteiger partial charge in [0.15, 0.2) is 0 Å². The minimum atomic E-state index is -3.62. The van der Waals surface area contributed by atoms with Gasteiger partial charge in [-0.15, -0.1) is 0 Å². The third-order valence-electron chi connectivity index (χ3n) is 4.46. The fraction of sp³-hybridized carbons (Fsp3) is 0.350. The fourth-order valence-electron chi connectivity index (χ4n) is 2.67. The minimum absolute atomic E-state index is 0.129. The average molecular weight is 391 g/mol. The highest BCUT2D eigenvalue weighted by Gasteiger charge is 2.17. The number of methoxy groups -OCH3 is 1. The van der Waals surface area contributed by atoms with Gasteiger partial charge in [-0.1, -0.05) is 24.3 Å². The molecule has 0 radical (unpaired) electrons. The van der Waals surface area contributed by atoms with Crippen molar-refractivity contribution in [1.82, 2.24) is 9.62 Å². The smallest absolute Gasteiger partial charge is 0.240 e. The maximum Gasteiger partial charge on any atom is 0.240 e. The first-order chi connectivity index (χ1) is 12.7. The Morgan fingerprint density at radius 1 is 1.11 bits per heavy atom. The summed E-state index contributed by atoms with van der Waals surface area (Å²) in [6.45, 7) is 6.01. The van der Waals surface area contributed by atoms with Gasteiger partial charge in [-0.05, 0) is 43.2 Å².